The van der Waals surface area contributed by atoms with Crippen LogP contribution in [0.25, 0.3) is 0 Å². The minimum absolute atomic E-state index is 0.0925. The van der Waals surface area contributed by atoms with Gasteiger partial charge in [-0.05, 0) is 25.1 Å². The number of hydrogen-bond acceptors (Lipinski definition) is 7. The second kappa shape index (κ2) is 6.36. The lowest BCUT2D eigenvalue weighted by molar-refractivity contribution is -0.223. The molecule has 5 atom stereocenters. The average molecular weight is 401 g/mol. The van der Waals surface area contributed by atoms with Gasteiger partial charge < -0.3 is 24.1 Å². The summed E-state index contributed by atoms with van der Waals surface area (Å²) in [6.45, 7) is 11.6. The summed E-state index contributed by atoms with van der Waals surface area (Å²) >= 11 is 0. The van der Waals surface area contributed by atoms with Crippen LogP contribution in [0, 0.1) is 6.92 Å². The fraction of sp³-hybridized carbons (Fsp3) is 0.765. The minimum atomic E-state index is -2.40. The molecule has 0 unspecified atom stereocenters. The lowest BCUT2D eigenvalue weighted by atomic mass is 10.0. The van der Waals surface area contributed by atoms with E-state index >= 15 is 0 Å². The molecule has 2 aliphatic rings. The summed E-state index contributed by atoms with van der Waals surface area (Å²) in [7, 11) is -2.40. The van der Waals surface area contributed by atoms with Crippen LogP contribution in [0.3, 0.4) is 0 Å². The van der Waals surface area contributed by atoms with E-state index in [4.69, 9.17) is 13.9 Å². The molecule has 10 heteroatoms. The Labute approximate surface area is 158 Å². The van der Waals surface area contributed by atoms with E-state index in [1.807, 2.05) is 33.9 Å². The fourth-order valence-electron chi connectivity index (χ4n) is 3.15. The van der Waals surface area contributed by atoms with Crippen molar-refractivity contribution in [1.82, 2.24) is 9.55 Å². The fourth-order valence-corrected chi connectivity index (χ4v) is 4.42. The largest absolute Gasteiger partial charge is 0.404 e. The molecule has 2 fully saturated rings. The highest BCUT2D eigenvalue weighted by atomic mass is 28.4. The van der Waals surface area contributed by atoms with Crippen molar-refractivity contribution in [3.8, 4) is 0 Å². The van der Waals surface area contributed by atoms with Gasteiger partial charge in [-0.25, -0.2) is 4.79 Å². The summed E-state index contributed by atoms with van der Waals surface area (Å²) in [6, 6.07) is 0. The topological polar surface area (TPSA) is 123 Å². The standard InChI is InChI=1S/C17H28N2O7Si/c1-9-7-19(15(22)18-13(9)21)14-12(26-27(5,6)16(2,3)4)17(23)11(25-14)10(20)8-24-17/h7,10-12,14,20,23H,8H2,1-6H3,(H,18,21,22)/t10-,11+,12-,14+,17-/m0/s1. The number of aromatic amines is 1. The molecule has 27 heavy (non-hydrogen) atoms. The van der Waals surface area contributed by atoms with Crippen molar-refractivity contribution in [3.05, 3.63) is 32.6 Å². The molecule has 0 spiro atoms. The number of aryl methyl sites for hydroxylation is 1. The number of aromatic nitrogens is 2. The Balaban J connectivity index is 2.08. The molecule has 0 saturated carbocycles. The summed E-state index contributed by atoms with van der Waals surface area (Å²) in [5.74, 6) is -1.89. The van der Waals surface area contributed by atoms with E-state index in [9.17, 15) is 19.8 Å². The van der Waals surface area contributed by atoms with Gasteiger partial charge in [-0.15, -0.1) is 0 Å². The number of nitrogens with zero attached hydrogens (tertiary/aromatic N) is 1. The molecule has 3 rings (SSSR count). The SMILES string of the molecule is Cc1cn([C@@H]2O[C@@H]3[C@@H](O)CO[C@]3(O)[C@H]2O[Si](C)(C)C(C)(C)C)c(=O)[nH]c1=O. The molecule has 0 aromatic carbocycles. The number of ether oxygens (including phenoxy) is 2. The molecule has 3 heterocycles. The van der Waals surface area contributed by atoms with Crippen molar-refractivity contribution in [1.29, 1.82) is 0 Å². The maximum absolute atomic E-state index is 12.4. The van der Waals surface area contributed by atoms with Crippen molar-refractivity contribution in [2.75, 3.05) is 6.61 Å². The van der Waals surface area contributed by atoms with Crippen LogP contribution in [-0.4, -0.2) is 58.8 Å². The first kappa shape index (κ1) is 20.4. The summed E-state index contributed by atoms with van der Waals surface area (Å²) in [6.07, 6.45) is -2.83. The molecule has 0 bridgehead atoms. The number of rotatable bonds is 3. The third-order valence-corrected chi connectivity index (χ3v) is 10.3. The van der Waals surface area contributed by atoms with Gasteiger partial charge in [0.05, 0.1) is 6.61 Å². The Morgan fingerprint density at radius 1 is 1.37 bits per heavy atom. The Hall–Kier alpha value is -1.30. The van der Waals surface area contributed by atoms with Crippen molar-refractivity contribution < 1.29 is 24.1 Å². The van der Waals surface area contributed by atoms with E-state index in [0.29, 0.717) is 5.56 Å². The number of hydrogen-bond donors (Lipinski definition) is 3. The van der Waals surface area contributed by atoms with Gasteiger partial charge in [-0.2, -0.15) is 0 Å². The highest BCUT2D eigenvalue weighted by molar-refractivity contribution is 6.74. The van der Waals surface area contributed by atoms with E-state index in [1.54, 1.807) is 6.92 Å². The van der Waals surface area contributed by atoms with Gasteiger partial charge in [0.1, 0.15) is 18.3 Å². The summed E-state index contributed by atoms with van der Waals surface area (Å²) < 4.78 is 18.9. The zero-order valence-electron chi connectivity index (χ0n) is 16.5. The average Bonchev–Trinajstić information content (AvgIpc) is 2.97. The van der Waals surface area contributed by atoms with Crippen LogP contribution >= 0.6 is 0 Å². The number of nitrogens with one attached hydrogen (secondary N) is 1. The van der Waals surface area contributed by atoms with Gasteiger partial charge in [0, 0.05) is 11.8 Å². The van der Waals surface area contributed by atoms with E-state index < -0.39 is 49.9 Å². The normalized spacial score (nSPS) is 34.1. The van der Waals surface area contributed by atoms with Crippen LogP contribution in [0.2, 0.25) is 18.1 Å². The predicted octanol–water partition coefficient (Wildman–Crippen LogP) is 0.213. The lowest BCUT2D eigenvalue weighted by Gasteiger charge is -2.42. The van der Waals surface area contributed by atoms with Crippen LogP contribution < -0.4 is 11.2 Å². The third kappa shape index (κ3) is 3.24. The number of H-pyrrole nitrogens is 1. The zero-order chi connectivity index (χ0) is 20.4. The van der Waals surface area contributed by atoms with Crippen LogP contribution in [-0.2, 0) is 13.9 Å². The Morgan fingerprint density at radius 2 is 2.00 bits per heavy atom. The first-order chi connectivity index (χ1) is 12.3. The van der Waals surface area contributed by atoms with E-state index in [2.05, 4.69) is 4.98 Å². The van der Waals surface area contributed by atoms with E-state index in [0.717, 1.165) is 0 Å². The van der Waals surface area contributed by atoms with Gasteiger partial charge in [0.2, 0.25) is 5.79 Å². The van der Waals surface area contributed by atoms with E-state index in [-0.39, 0.29) is 11.6 Å². The van der Waals surface area contributed by atoms with Crippen LogP contribution in [0.15, 0.2) is 15.8 Å². The molecule has 9 nitrogen and oxygen atoms in total. The monoisotopic (exact) mass is 400 g/mol. The second-order valence-electron chi connectivity index (χ2n) is 8.85. The third-order valence-electron chi connectivity index (χ3n) is 5.84. The molecular formula is C17H28N2O7Si. The maximum atomic E-state index is 12.4. The lowest BCUT2D eigenvalue weighted by Crippen LogP contribution is -2.55. The minimum Gasteiger partial charge on any atom is -0.404 e. The van der Waals surface area contributed by atoms with Crippen LogP contribution in [0.5, 0.6) is 0 Å². The Bertz CT molecular complexity index is 843. The maximum Gasteiger partial charge on any atom is 0.330 e. The molecule has 3 N–H and O–H groups in total. The molecule has 2 aliphatic heterocycles. The summed E-state index contributed by atoms with van der Waals surface area (Å²) in [5, 5.41) is 21.1. The highest BCUT2D eigenvalue weighted by Gasteiger charge is 2.66. The first-order valence-corrected chi connectivity index (χ1v) is 11.9. The molecule has 0 radical (unpaired) electrons. The van der Waals surface area contributed by atoms with Gasteiger partial charge in [-0.1, -0.05) is 20.8 Å². The van der Waals surface area contributed by atoms with Gasteiger partial charge in [0.25, 0.3) is 5.56 Å². The number of aliphatic hydroxyl groups is 2. The van der Waals surface area contributed by atoms with Crippen molar-refractivity contribution in [3.63, 3.8) is 0 Å². The van der Waals surface area contributed by atoms with Crippen LogP contribution in [0.1, 0.15) is 32.6 Å². The molecular weight excluding hydrogens is 372 g/mol. The molecule has 1 aromatic heterocycles. The molecule has 2 saturated heterocycles. The summed E-state index contributed by atoms with van der Waals surface area (Å²) in [5.41, 5.74) is -0.862. The molecule has 0 amide bonds. The highest BCUT2D eigenvalue weighted by Crippen LogP contribution is 2.48. The van der Waals surface area contributed by atoms with Gasteiger partial charge >= 0.3 is 5.69 Å². The van der Waals surface area contributed by atoms with E-state index in [1.165, 1.54) is 10.8 Å². The number of aliphatic hydroxyl groups excluding tert-OH is 1. The summed E-state index contributed by atoms with van der Waals surface area (Å²) in [4.78, 5) is 26.3. The predicted molar refractivity (Wildman–Crippen MR) is 98.9 cm³/mol. The molecule has 152 valence electrons. The van der Waals surface area contributed by atoms with Gasteiger partial charge in [-0.3, -0.25) is 14.3 Å². The Kier molecular flexibility index (Phi) is 4.81. The molecule has 1 aromatic rings. The van der Waals surface area contributed by atoms with Crippen LogP contribution in [0.4, 0.5) is 0 Å². The number of fused-ring (bicyclic) bond motifs is 1. The smallest absolute Gasteiger partial charge is 0.330 e. The first-order valence-electron chi connectivity index (χ1n) is 8.98. The zero-order valence-corrected chi connectivity index (χ0v) is 17.5. The van der Waals surface area contributed by atoms with Crippen molar-refractivity contribution in [2.24, 2.45) is 0 Å². The second-order valence-corrected chi connectivity index (χ2v) is 13.6. The van der Waals surface area contributed by atoms with Gasteiger partial charge in [0.15, 0.2) is 14.5 Å². The molecule has 0 aliphatic carbocycles. The quantitative estimate of drug-likeness (QED) is 0.620. The van der Waals surface area contributed by atoms with Crippen molar-refractivity contribution >= 4 is 8.32 Å². The Morgan fingerprint density at radius 3 is 2.59 bits per heavy atom. The van der Waals surface area contributed by atoms with Crippen molar-refractivity contribution in [2.45, 2.75) is 76.2 Å².